The van der Waals surface area contributed by atoms with Crippen molar-refractivity contribution < 1.29 is 19.4 Å². The van der Waals surface area contributed by atoms with Crippen molar-refractivity contribution in [1.82, 2.24) is 4.90 Å². The second-order valence-corrected chi connectivity index (χ2v) is 7.24. The number of benzene rings is 1. The van der Waals surface area contributed by atoms with Gasteiger partial charge in [-0.2, -0.15) is 0 Å². The average Bonchev–Trinajstić information content (AvgIpc) is 2.81. The molecule has 1 fully saturated rings. The van der Waals surface area contributed by atoms with E-state index >= 15 is 0 Å². The lowest BCUT2D eigenvalue weighted by molar-refractivity contribution is -0.141. The van der Waals surface area contributed by atoms with Crippen LogP contribution < -0.4 is 0 Å². The van der Waals surface area contributed by atoms with Gasteiger partial charge in [-0.1, -0.05) is 18.2 Å². The van der Waals surface area contributed by atoms with E-state index in [1.165, 1.54) is 4.90 Å². The zero-order chi connectivity index (χ0) is 17.4. The first-order valence-corrected chi connectivity index (χ1v) is 7.87. The number of hydrogen-bond acceptors (Lipinski definition) is 3. The number of aryl methyl sites for hydroxylation is 2. The third-order valence-corrected chi connectivity index (χ3v) is 4.20. The van der Waals surface area contributed by atoms with Crippen molar-refractivity contribution in [2.24, 2.45) is 5.92 Å². The molecule has 0 aliphatic carbocycles. The van der Waals surface area contributed by atoms with Gasteiger partial charge in [0, 0.05) is 19.0 Å². The van der Waals surface area contributed by atoms with Gasteiger partial charge in [-0.3, -0.25) is 4.79 Å². The van der Waals surface area contributed by atoms with Gasteiger partial charge in [-0.15, -0.1) is 0 Å². The zero-order valence-electron chi connectivity index (χ0n) is 14.4. The second kappa shape index (κ2) is 6.22. The first-order valence-electron chi connectivity index (χ1n) is 7.87. The minimum atomic E-state index is -0.872. The van der Waals surface area contributed by atoms with E-state index in [0.29, 0.717) is 6.54 Å². The summed E-state index contributed by atoms with van der Waals surface area (Å²) in [6.45, 7) is 9.94. The Hall–Kier alpha value is -2.04. The number of aliphatic carboxylic acids is 1. The fourth-order valence-electron chi connectivity index (χ4n) is 3.23. The summed E-state index contributed by atoms with van der Waals surface area (Å²) >= 11 is 0. The van der Waals surface area contributed by atoms with Crippen LogP contribution in [0.5, 0.6) is 0 Å². The molecule has 1 amide bonds. The predicted octanol–water partition coefficient (Wildman–Crippen LogP) is 3.34. The van der Waals surface area contributed by atoms with Crippen LogP contribution in [0.2, 0.25) is 0 Å². The van der Waals surface area contributed by atoms with Crippen LogP contribution in [0.15, 0.2) is 18.2 Å². The second-order valence-electron chi connectivity index (χ2n) is 7.24. The third-order valence-electron chi connectivity index (χ3n) is 4.20. The molecule has 23 heavy (non-hydrogen) atoms. The molecule has 0 unspecified atom stereocenters. The molecule has 1 aromatic rings. The van der Waals surface area contributed by atoms with Crippen molar-refractivity contribution in [3.63, 3.8) is 0 Å². The third kappa shape index (κ3) is 3.84. The maximum atomic E-state index is 12.3. The number of carbonyl (C=O) groups excluding carboxylic acids is 1. The van der Waals surface area contributed by atoms with E-state index < -0.39 is 23.6 Å². The highest BCUT2D eigenvalue weighted by Gasteiger charge is 2.42. The van der Waals surface area contributed by atoms with E-state index in [4.69, 9.17) is 4.74 Å². The summed E-state index contributed by atoms with van der Waals surface area (Å²) in [7, 11) is 0. The van der Waals surface area contributed by atoms with Gasteiger partial charge in [0.05, 0.1) is 5.92 Å². The number of carboxylic acids is 1. The van der Waals surface area contributed by atoms with Crippen LogP contribution in [-0.2, 0) is 9.53 Å². The van der Waals surface area contributed by atoms with Crippen LogP contribution in [0.4, 0.5) is 4.79 Å². The van der Waals surface area contributed by atoms with Crippen molar-refractivity contribution in [3.8, 4) is 0 Å². The summed E-state index contributed by atoms with van der Waals surface area (Å²) in [5.74, 6) is -1.69. The molecule has 126 valence electrons. The maximum Gasteiger partial charge on any atom is 0.410 e. The number of amides is 1. The van der Waals surface area contributed by atoms with Gasteiger partial charge in [0.25, 0.3) is 0 Å². The van der Waals surface area contributed by atoms with Crippen LogP contribution in [0.1, 0.15) is 43.4 Å². The van der Waals surface area contributed by atoms with E-state index in [0.717, 1.165) is 16.7 Å². The van der Waals surface area contributed by atoms with E-state index in [-0.39, 0.29) is 12.5 Å². The molecule has 1 heterocycles. The number of rotatable bonds is 2. The minimum absolute atomic E-state index is 0.183. The highest BCUT2D eigenvalue weighted by molar-refractivity contribution is 5.76. The van der Waals surface area contributed by atoms with Gasteiger partial charge in [0.1, 0.15) is 5.60 Å². The molecule has 5 nitrogen and oxygen atoms in total. The Morgan fingerprint density at radius 2 is 1.74 bits per heavy atom. The number of likely N-dealkylation sites (tertiary alicyclic amines) is 1. The van der Waals surface area contributed by atoms with Gasteiger partial charge in [-0.05, 0) is 51.3 Å². The van der Waals surface area contributed by atoms with Gasteiger partial charge in [0.15, 0.2) is 0 Å². The van der Waals surface area contributed by atoms with Crippen molar-refractivity contribution in [2.75, 3.05) is 13.1 Å². The fourth-order valence-corrected chi connectivity index (χ4v) is 3.23. The van der Waals surface area contributed by atoms with E-state index in [9.17, 15) is 14.7 Å². The molecule has 0 aromatic heterocycles. The lowest BCUT2D eigenvalue weighted by Gasteiger charge is -2.24. The van der Waals surface area contributed by atoms with Crippen LogP contribution in [-0.4, -0.2) is 40.8 Å². The van der Waals surface area contributed by atoms with E-state index in [2.05, 4.69) is 0 Å². The molecule has 2 atom stereocenters. The topological polar surface area (TPSA) is 66.8 Å². The van der Waals surface area contributed by atoms with Crippen LogP contribution in [0, 0.1) is 19.8 Å². The summed E-state index contributed by atoms with van der Waals surface area (Å²) in [5.41, 5.74) is 2.57. The lowest BCUT2D eigenvalue weighted by atomic mass is 9.84. The predicted molar refractivity (Wildman–Crippen MR) is 87.6 cm³/mol. The molecule has 2 rings (SSSR count). The molecular formula is C18H25NO4. The first kappa shape index (κ1) is 17.3. The van der Waals surface area contributed by atoms with E-state index in [1.807, 2.05) is 32.0 Å². The molecule has 0 radical (unpaired) electrons. The van der Waals surface area contributed by atoms with Gasteiger partial charge in [0.2, 0.25) is 0 Å². The Bertz CT molecular complexity index is 598. The first-order chi connectivity index (χ1) is 10.6. The number of hydrogen-bond donors (Lipinski definition) is 1. The molecule has 0 bridgehead atoms. The molecule has 5 heteroatoms. The molecule has 0 saturated carbocycles. The number of carbonyl (C=O) groups is 2. The summed E-state index contributed by atoms with van der Waals surface area (Å²) in [6.07, 6.45) is -0.447. The van der Waals surface area contributed by atoms with Gasteiger partial charge >= 0.3 is 12.1 Å². The number of ether oxygens (including phenoxy) is 1. The number of nitrogens with zero attached hydrogens (tertiary/aromatic N) is 1. The van der Waals surface area contributed by atoms with Crippen LogP contribution in [0.3, 0.4) is 0 Å². The zero-order valence-corrected chi connectivity index (χ0v) is 14.4. The lowest BCUT2D eigenvalue weighted by Crippen LogP contribution is -2.35. The molecule has 0 spiro atoms. The molecule has 1 saturated heterocycles. The Morgan fingerprint density at radius 3 is 2.22 bits per heavy atom. The van der Waals surface area contributed by atoms with Gasteiger partial charge < -0.3 is 14.7 Å². The van der Waals surface area contributed by atoms with Crippen molar-refractivity contribution in [1.29, 1.82) is 0 Å². The smallest absolute Gasteiger partial charge is 0.410 e. The molecular weight excluding hydrogens is 294 g/mol. The maximum absolute atomic E-state index is 12.3. The van der Waals surface area contributed by atoms with Crippen LogP contribution in [0.25, 0.3) is 0 Å². The van der Waals surface area contributed by atoms with Crippen LogP contribution >= 0.6 is 0 Å². The minimum Gasteiger partial charge on any atom is -0.481 e. The fraction of sp³-hybridized carbons (Fsp3) is 0.556. The summed E-state index contributed by atoms with van der Waals surface area (Å²) in [6, 6.07) is 5.93. The normalized spacial score (nSPS) is 21.3. The summed E-state index contributed by atoms with van der Waals surface area (Å²) in [5, 5.41) is 9.58. The molecule has 1 aliphatic heterocycles. The quantitative estimate of drug-likeness (QED) is 0.908. The Kier molecular flexibility index (Phi) is 4.68. The Labute approximate surface area is 137 Å². The van der Waals surface area contributed by atoms with Gasteiger partial charge in [-0.25, -0.2) is 4.79 Å². The standard InChI is InChI=1S/C18H25NO4/c1-11-7-6-8-12(2)15(11)13-9-19(10-14(13)16(20)21)17(22)23-18(3,4)5/h6-8,13-14H,9-10H2,1-5H3,(H,20,21)/t13-,14-/m1/s1. The summed E-state index contributed by atoms with van der Waals surface area (Å²) in [4.78, 5) is 25.5. The Balaban J connectivity index is 2.29. The molecule has 1 aromatic carbocycles. The molecule has 1 N–H and O–H groups in total. The monoisotopic (exact) mass is 319 g/mol. The largest absolute Gasteiger partial charge is 0.481 e. The van der Waals surface area contributed by atoms with Crippen molar-refractivity contribution in [3.05, 3.63) is 34.9 Å². The van der Waals surface area contributed by atoms with E-state index in [1.54, 1.807) is 20.8 Å². The Morgan fingerprint density at radius 1 is 1.17 bits per heavy atom. The van der Waals surface area contributed by atoms with Crippen molar-refractivity contribution in [2.45, 2.75) is 46.1 Å². The highest BCUT2D eigenvalue weighted by Crippen LogP contribution is 2.37. The SMILES string of the molecule is Cc1cccc(C)c1[C@@H]1CN(C(=O)OC(C)(C)C)C[C@H]1C(=O)O. The summed E-state index contributed by atoms with van der Waals surface area (Å²) < 4.78 is 5.39. The number of carboxylic acid groups (broad SMARTS) is 1. The van der Waals surface area contributed by atoms with Crippen molar-refractivity contribution >= 4 is 12.1 Å². The average molecular weight is 319 g/mol. The highest BCUT2D eigenvalue weighted by atomic mass is 16.6. The molecule has 1 aliphatic rings.